The van der Waals surface area contributed by atoms with Crippen LogP contribution < -0.4 is 10.1 Å². The molecule has 1 atom stereocenters. The van der Waals surface area contributed by atoms with E-state index in [1.165, 1.54) is 5.56 Å². The van der Waals surface area contributed by atoms with Gasteiger partial charge in [-0.25, -0.2) is 0 Å². The summed E-state index contributed by atoms with van der Waals surface area (Å²) in [6, 6.07) is 2.40. The Kier molecular flexibility index (Phi) is 8.18. The van der Waals surface area contributed by atoms with Crippen LogP contribution in [0.5, 0.6) is 5.75 Å². The van der Waals surface area contributed by atoms with E-state index in [1.807, 2.05) is 6.20 Å². The van der Waals surface area contributed by atoms with Gasteiger partial charge >= 0.3 is 0 Å². The lowest BCUT2D eigenvalue weighted by atomic mass is 10.0. The van der Waals surface area contributed by atoms with Gasteiger partial charge in [-0.15, -0.1) is 0 Å². The van der Waals surface area contributed by atoms with Crippen LogP contribution >= 0.6 is 0 Å². The van der Waals surface area contributed by atoms with Crippen LogP contribution in [0.15, 0.2) is 18.5 Å². The predicted molar refractivity (Wildman–Crippen MR) is 77.6 cm³/mol. The second-order valence-electron chi connectivity index (χ2n) is 4.55. The molecular weight excluding hydrogens is 240 g/mol. The smallest absolute Gasteiger partial charge is 0.137 e. The number of nitrogens with one attached hydrogen (secondary N) is 1. The molecule has 1 aromatic heterocycles. The molecule has 0 bridgehead atoms. The highest BCUT2D eigenvalue weighted by atomic mass is 16.5. The zero-order chi connectivity index (χ0) is 13.9. The number of rotatable bonds is 10. The molecule has 0 spiro atoms. The third kappa shape index (κ3) is 6.03. The number of methoxy groups -OCH3 is 1. The van der Waals surface area contributed by atoms with Gasteiger partial charge in [0.1, 0.15) is 5.75 Å². The Balaban J connectivity index is 2.65. The van der Waals surface area contributed by atoms with E-state index < -0.39 is 0 Å². The summed E-state index contributed by atoms with van der Waals surface area (Å²) in [7, 11) is 1.74. The first-order valence-corrected chi connectivity index (χ1v) is 7.11. The van der Waals surface area contributed by atoms with E-state index in [0.29, 0.717) is 6.04 Å². The largest absolute Gasteiger partial charge is 0.492 e. The molecule has 0 amide bonds. The third-order valence-electron chi connectivity index (χ3n) is 2.90. The maximum absolute atomic E-state index is 5.63. The van der Waals surface area contributed by atoms with Gasteiger partial charge in [-0.05, 0) is 37.4 Å². The molecule has 1 heterocycles. The molecule has 0 aromatic carbocycles. The zero-order valence-electron chi connectivity index (χ0n) is 12.3. The van der Waals surface area contributed by atoms with Gasteiger partial charge in [0.2, 0.25) is 0 Å². The number of ether oxygens (including phenoxy) is 2. The Bertz CT molecular complexity index is 345. The van der Waals surface area contributed by atoms with Crippen LogP contribution in [0, 0.1) is 0 Å². The minimum absolute atomic E-state index is 0.317. The van der Waals surface area contributed by atoms with Gasteiger partial charge in [-0.2, -0.15) is 0 Å². The number of pyridine rings is 1. The van der Waals surface area contributed by atoms with E-state index in [0.717, 1.165) is 44.8 Å². The summed E-state index contributed by atoms with van der Waals surface area (Å²) in [4.78, 5) is 4.27. The Morgan fingerprint density at radius 1 is 1.26 bits per heavy atom. The van der Waals surface area contributed by atoms with E-state index in [2.05, 4.69) is 30.2 Å². The van der Waals surface area contributed by atoms with Crippen LogP contribution in [0.1, 0.15) is 44.7 Å². The molecular formula is C15H26N2O2. The van der Waals surface area contributed by atoms with Crippen molar-refractivity contribution in [3.05, 3.63) is 24.0 Å². The Morgan fingerprint density at radius 3 is 2.79 bits per heavy atom. The standard InChI is InChI=1S/C15H26N2O2/c1-4-8-19-14-10-13(11-16-12-14)15(17-5-2)7-6-9-18-3/h10-12,15,17H,4-9H2,1-3H3. The summed E-state index contributed by atoms with van der Waals surface area (Å²) in [5, 5.41) is 3.49. The molecule has 0 aliphatic heterocycles. The lowest BCUT2D eigenvalue weighted by molar-refractivity contribution is 0.189. The van der Waals surface area contributed by atoms with Crippen molar-refractivity contribution in [2.45, 2.75) is 39.2 Å². The molecule has 1 aromatic rings. The van der Waals surface area contributed by atoms with Crippen molar-refractivity contribution in [1.29, 1.82) is 0 Å². The van der Waals surface area contributed by atoms with Gasteiger partial charge in [0.25, 0.3) is 0 Å². The van der Waals surface area contributed by atoms with Gasteiger partial charge in [-0.3, -0.25) is 4.98 Å². The average molecular weight is 266 g/mol. The van der Waals surface area contributed by atoms with Crippen molar-refractivity contribution >= 4 is 0 Å². The van der Waals surface area contributed by atoms with Gasteiger partial charge in [0.05, 0.1) is 12.8 Å². The molecule has 1 rings (SSSR count). The van der Waals surface area contributed by atoms with Crippen molar-refractivity contribution in [3.63, 3.8) is 0 Å². The maximum atomic E-state index is 5.63. The van der Waals surface area contributed by atoms with Crippen LogP contribution in [0.4, 0.5) is 0 Å². The van der Waals surface area contributed by atoms with E-state index in [-0.39, 0.29) is 0 Å². The molecule has 108 valence electrons. The van der Waals surface area contributed by atoms with Gasteiger partial charge in [0, 0.05) is 26.0 Å². The lowest BCUT2D eigenvalue weighted by Gasteiger charge is -2.18. The van der Waals surface area contributed by atoms with Crippen LogP contribution in [-0.4, -0.2) is 31.9 Å². The summed E-state index contributed by atoms with van der Waals surface area (Å²) < 4.78 is 10.7. The summed E-state index contributed by atoms with van der Waals surface area (Å²) in [6.45, 7) is 6.69. The summed E-state index contributed by atoms with van der Waals surface area (Å²) in [5.74, 6) is 0.856. The Morgan fingerprint density at radius 2 is 2.11 bits per heavy atom. The van der Waals surface area contributed by atoms with Crippen LogP contribution in [0.25, 0.3) is 0 Å². The topological polar surface area (TPSA) is 43.4 Å². The molecule has 0 saturated heterocycles. The first-order chi connectivity index (χ1) is 9.31. The van der Waals surface area contributed by atoms with Crippen molar-refractivity contribution in [3.8, 4) is 5.75 Å². The fraction of sp³-hybridized carbons (Fsp3) is 0.667. The fourth-order valence-corrected chi connectivity index (χ4v) is 1.99. The summed E-state index contributed by atoms with van der Waals surface area (Å²) in [6.07, 6.45) is 6.78. The second kappa shape index (κ2) is 9.75. The first kappa shape index (κ1) is 15.9. The highest BCUT2D eigenvalue weighted by Gasteiger charge is 2.11. The lowest BCUT2D eigenvalue weighted by Crippen LogP contribution is -2.21. The fourth-order valence-electron chi connectivity index (χ4n) is 1.99. The monoisotopic (exact) mass is 266 g/mol. The molecule has 0 aliphatic rings. The summed E-state index contributed by atoms with van der Waals surface area (Å²) in [5.41, 5.74) is 1.19. The molecule has 1 unspecified atom stereocenters. The van der Waals surface area contributed by atoms with E-state index >= 15 is 0 Å². The summed E-state index contributed by atoms with van der Waals surface area (Å²) >= 11 is 0. The number of hydrogen-bond acceptors (Lipinski definition) is 4. The number of hydrogen-bond donors (Lipinski definition) is 1. The van der Waals surface area contributed by atoms with Gasteiger partial charge in [-0.1, -0.05) is 13.8 Å². The van der Waals surface area contributed by atoms with E-state index in [1.54, 1.807) is 13.3 Å². The minimum Gasteiger partial charge on any atom is -0.492 e. The molecule has 0 aliphatic carbocycles. The molecule has 19 heavy (non-hydrogen) atoms. The Labute approximate surface area is 116 Å². The van der Waals surface area contributed by atoms with Crippen LogP contribution in [-0.2, 0) is 4.74 Å². The molecule has 0 saturated carbocycles. The predicted octanol–water partition coefficient (Wildman–Crippen LogP) is 2.95. The van der Waals surface area contributed by atoms with Gasteiger partial charge < -0.3 is 14.8 Å². The highest BCUT2D eigenvalue weighted by Crippen LogP contribution is 2.21. The minimum atomic E-state index is 0.317. The van der Waals surface area contributed by atoms with Crippen molar-refractivity contribution in [1.82, 2.24) is 10.3 Å². The number of aromatic nitrogens is 1. The first-order valence-electron chi connectivity index (χ1n) is 7.11. The SMILES string of the molecule is CCCOc1cncc(C(CCCOC)NCC)c1. The average Bonchev–Trinajstić information content (AvgIpc) is 2.45. The quantitative estimate of drug-likeness (QED) is 0.661. The molecule has 4 heteroatoms. The van der Waals surface area contributed by atoms with E-state index in [4.69, 9.17) is 9.47 Å². The van der Waals surface area contributed by atoms with Gasteiger partial charge in [0.15, 0.2) is 0 Å². The molecule has 0 fully saturated rings. The van der Waals surface area contributed by atoms with Crippen LogP contribution in [0.2, 0.25) is 0 Å². The van der Waals surface area contributed by atoms with E-state index in [9.17, 15) is 0 Å². The molecule has 1 N–H and O–H groups in total. The van der Waals surface area contributed by atoms with Crippen molar-refractivity contribution in [2.75, 3.05) is 26.9 Å². The maximum Gasteiger partial charge on any atom is 0.137 e. The molecule has 0 radical (unpaired) electrons. The highest BCUT2D eigenvalue weighted by molar-refractivity contribution is 5.26. The Hall–Kier alpha value is -1.13. The number of nitrogens with zero attached hydrogens (tertiary/aromatic N) is 1. The third-order valence-corrected chi connectivity index (χ3v) is 2.90. The second-order valence-corrected chi connectivity index (χ2v) is 4.55. The van der Waals surface area contributed by atoms with Crippen LogP contribution in [0.3, 0.4) is 0 Å². The van der Waals surface area contributed by atoms with Crippen molar-refractivity contribution in [2.24, 2.45) is 0 Å². The normalized spacial score (nSPS) is 12.4. The zero-order valence-corrected chi connectivity index (χ0v) is 12.3. The van der Waals surface area contributed by atoms with Crippen molar-refractivity contribution < 1.29 is 9.47 Å². The molecule has 4 nitrogen and oxygen atoms in total.